The van der Waals surface area contributed by atoms with Gasteiger partial charge in [0, 0.05) is 12.2 Å². The highest BCUT2D eigenvalue weighted by molar-refractivity contribution is 6.75. The molecule has 13 nitrogen and oxygen atoms in total. The zero-order valence-corrected chi connectivity index (χ0v) is 39.5. The number of ether oxygens (including phenoxy) is 2. The number of esters is 1. The van der Waals surface area contributed by atoms with Crippen LogP contribution in [0.15, 0.2) is 18.7 Å². The fourth-order valence-electron chi connectivity index (χ4n) is 6.18. The van der Waals surface area contributed by atoms with Gasteiger partial charge in [0.1, 0.15) is 18.3 Å². The monoisotopic (exact) mass is 815 g/mol. The predicted octanol–water partition coefficient (Wildman–Crippen LogP) is 9.24. The van der Waals surface area contributed by atoms with E-state index in [-0.39, 0.29) is 27.8 Å². The topological polar surface area (TPSA) is 137 Å². The molecular weight excluding hydrogens is 747 g/mol. The number of nitrogens with one attached hydrogen (secondary N) is 1. The van der Waals surface area contributed by atoms with Gasteiger partial charge in [0.2, 0.25) is 0 Å². The van der Waals surface area contributed by atoms with Crippen molar-refractivity contribution in [1.29, 1.82) is 0 Å². The Labute approximate surface area is 332 Å². The molecule has 5 rings (SSSR count). The Morgan fingerprint density at radius 3 is 2.02 bits per heavy atom. The van der Waals surface area contributed by atoms with E-state index in [1.807, 2.05) is 4.57 Å². The van der Waals surface area contributed by atoms with E-state index >= 15 is 0 Å². The van der Waals surface area contributed by atoms with Gasteiger partial charge in [-0.3, -0.25) is 4.57 Å². The average Bonchev–Trinajstić information content (AvgIpc) is 3.86. The highest BCUT2D eigenvalue weighted by Crippen LogP contribution is 2.47. The normalized spacial score (nSPS) is 22.2. The zero-order chi connectivity index (χ0) is 40.9. The Morgan fingerprint density at radius 2 is 1.45 bits per heavy atom. The summed E-state index contributed by atoms with van der Waals surface area (Å²) in [7, 11) is -6.91. The van der Waals surface area contributed by atoms with Crippen LogP contribution in [-0.4, -0.2) is 97.8 Å². The summed E-state index contributed by atoms with van der Waals surface area (Å²) in [5.41, 5.74) is 1.53. The highest BCUT2D eigenvalue weighted by atomic mass is 28.4. The second kappa shape index (κ2) is 15.7. The van der Waals surface area contributed by atoms with Gasteiger partial charge in [0.25, 0.3) is 5.95 Å². The highest BCUT2D eigenvalue weighted by Gasteiger charge is 2.55. The van der Waals surface area contributed by atoms with Crippen molar-refractivity contribution in [2.24, 2.45) is 0 Å². The van der Waals surface area contributed by atoms with E-state index in [0.29, 0.717) is 35.1 Å². The summed E-state index contributed by atoms with van der Waals surface area (Å²) in [6, 6.07) is 0.264. The number of carbonyl (C=O) groups is 1. The van der Waals surface area contributed by atoms with Crippen molar-refractivity contribution in [3.8, 4) is 5.95 Å². The molecule has 2 aliphatic rings. The summed E-state index contributed by atoms with van der Waals surface area (Å²) < 4.78 is 37.7. The van der Waals surface area contributed by atoms with Crippen molar-refractivity contribution in [2.45, 2.75) is 180 Å². The first kappa shape index (κ1) is 43.6. The zero-order valence-electron chi connectivity index (χ0n) is 36.5. The summed E-state index contributed by atoms with van der Waals surface area (Å²) in [5.74, 6) is 0.468. The molecule has 3 aromatic heterocycles. The number of hydrogen-bond donors (Lipinski definition) is 1. The minimum absolute atomic E-state index is 0.0219. The number of anilines is 1. The summed E-state index contributed by atoms with van der Waals surface area (Å²) >= 11 is 0. The van der Waals surface area contributed by atoms with Crippen LogP contribution in [0.25, 0.3) is 17.1 Å². The summed E-state index contributed by atoms with van der Waals surface area (Å²) in [6.45, 7) is 36.4. The Bertz CT molecular complexity index is 1800. The van der Waals surface area contributed by atoms with E-state index in [1.165, 1.54) is 10.9 Å². The number of aromatic nitrogens is 6. The number of imidazole rings is 1. The maximum Gasteiger partial charge on any atom is 0.341 e. The van der Waals surface area contributed by atoms with Gasteiger partial charge in [-0.2, -0.15) is 15.1 Å². The van der Waals surface area contributed by atoms with E-state index < -0.39 is 55.5 Å². The lowest BCUT2D eigenvalue weighted by Gasteiger charge is -2.44. The van der Waals surface area contributed by atoms with Crippen LogP contribution < -0.4 is 5.32 Å². The van der Waals surface area contributed by atoms with Crippen molar-refractivity contribution in [1.82, 2.24) is 29.3 Å². The van der Waals surface area contributed by atoms with E-state index in [4.69, 9.17) is 37.7 Å². The molecule has 1 N–H and O–H groups in total. The van der Waals surface area contributed by atoms with E-state index in [2.05, 4.69) is 112 Å². The van der Waals surface area contributed by atoms with E-state index in [0.717, 1.165) is 25.7 Å². The maximum absolute atomic E-state index is 12.6. The first-order chi connectivity index (χ1) is 25.3. The van der Waals surface area contributed by atoms with Gasteiger partial charge in [-0.05, 0) is 74.2 Å². The molecule has 4 unspecified atom stereocenters. The third-order valence-electron chi connectivity index (χ3n) is 12.9. The van der Waals surface area contributed by atoms with Crippen molar-refractivity contribution in [3.63, 3.8) is 0 Å². The van der Waals surface area contributed by atoms with Crippen molar-refractivity contribution >= 4 is 47.9 Å². The molecule has 1 aliphatic heterocycles. The smallest absolute Gasteiger partial charge is 0.341 e. The van der Waals surface area contributed by atoms with Gasteiger partial charge in [0.15, 0.2) is 48.2 Å². The molecule has 308 valence electrons. The number of rotatable bonds is 13. The Hall–Kier alpha value is -2.48. The molecule has 16 heteroatoms. The van der Waals surface area contributed by atoms with E-state index in [1.54, 1.807) is 19.4 Å². The van der Waals surface area contributed by atoms with Crippen LogP contribution in [0.4, 0.5) is 5.82 Å². The first-order valence-electron chi connectivity index (χ1n) is 20.1. The lowest BCUT2D eigenvalue weighted by Crippen LogP contribution is -2.54. The quantitative estimate of drug-likeness (QED) is 0.131. The summed E-state index contributed by atoms with van der Waals surface area (Å²) in [5, 5.41) is 8.06. The van der Waals surface area contributed by atoms with Gasteiger partial charge in [0.05, 0.1) is 31.3 Å². The number of hydrogen-bond acceptors (Lipinski definition) is 11. The van der Waals surface area contributed by atoms with Crippen LogP contribution in [0, 0.1) is 0 Å². The van der Waals surface area contributed by atoms with E-state index in [9.17, 15) is 4.79 Å². The van der Waals surface area contributed by atoms with Crippen molar-refractivity contribution in [3.05, 3.63) is 24.3 Å². The molecule has 1 saturated carbocycles. The Balaban J connectivity index is 1.68. The van der Waals surface area contributed by atoms with Crippen LogP contribution in [0.5, 0.6) is 0 Å². The first-order valence-corrected chi connectivity index (χ1v) is 28.9. The molecule has 0 aromatic carbocycles. The van der Waals surface area contributed by atoms with Crippen LogP contribution in [0.2, 0.25) is 54.4 Å². The molecule has 0 spiro atoms. The van der Waals surface area contributed by atoms with Gasteiger partial charge in [-0.1, -0.05) is 75.2 Å². The van der Waals surface area contributed by atoms with Crippen LogP contribution in [0.3, 0.4) is 0 Å². The standard InChI is InChI=1S/C39H69N7O6Si3/c1-17-48-35(47)26-22-41-46(23-26)36-43-32(42-27-20-18-19-21-27)29-33(44-36)45(25-40-29)34-31(52-55(15,16)39(8,9)10)30(51-54(13,14)38(5,6)7)28(50-34)24-49-53(11,12)37(2,3)4/h22-23,25,27-28,30-31,34H,17-21,24H2,1-16H3,(H,42,43,44). The molecule has 0 amide bonds. The number of nitrogens with zero attached hydrogens (tertiary/aromatic N) is 6. The van der Waals surface area contributed by atoms with Gasteiger partial charge < -0.3 is 28.1 Å². The molecule has 0 radical (unpaired) electrons. The van der Waals surface area contributed by atoms with Gasteiger partial charge in [-0.15, -0.1) is 0 Å². The van der Waals surface area contributed by atoms with Crippen LogP contribution >= 0.6 is 0 Å². The number of fused-ring (bicyclic) bond motifs is 1. The maximum atomic E-state index is 12.6. The van der Waals surface area contributed by atoms with Gasteiger partial charge >= 0.3 is 5.97 Å². The molecule has 2 fully saturated rings. The second-order valence-corrected chi connectivity index (χ2v) is 34.4. The molecule has 1 aliphatic carbocycles. The molecule has 4 heterocycles. The van der Waals surface area contributed by atoms with Crippen molar-refractivity contribution < 1.29 is 27.5 Å². The molecule has 3 aromatic rings. The molecular formula is C39H69N7O6Si3. The molecule has 4 atom stereocenters. The lowest BCUT2D eigenvalue weighted by atomic mass is 10.1. The second-order valence-electron chi connectivity index (χ2n) is 20.0. The number of carbonyl (C=O) groups excluding carboxylic acids is 1. The fraction of sp³-hybridized carbons (Fsp3) is 0.769. The summed E-state index contributed by atoms with van der Waals surface area (Å²) in [4.78, 5) is 27.6. The molecule has 1 saturated heterocycles. The summed E-state index contributed by atoms with van der Waals surface area (Å²) in [6.07, 6.45) is 7.37. The largest absolute Gasteiger partial charge is 0.462 e. The average molecular weight is 816 g/mol. The third-order valence-corrected chi connectivity index (χ3v) is 26.3. The fourth-order valence-corrected chi connectivity index (χ4v) is 9.80. The van der Waals surface area contributed by atoms with Gasteiger partial charge in [-0.25, -0.2) is 14.5 Å². The Kier molecular flexibility index (Phi) is 12.5. The SMILES string of the molecule is CCOC(=O)c1cnn(-c2nc(NC3CCCC3)c3ncn(C4OC(CO[Si](C)(C)C(C)(C)C)C(O[Si](C)(C)C(C)(C)C)C4O[Si](C)(C)C(C)(C)C)c3n2)c1. The predicted molar refractivity (Wildman–Crippen MR) is 225 cm³/mol. The minimum Gasteiger partial charge on any atom is -0.462 e. The molecule has 0 bridgehead atoms. The minimum atomic E-state index is -2.40. The lowest BCUT2D eigenvalue weighted by molar-refractivity contribution is -0.0470. The third kappa shape index (κ3) is 9.31. The molecule has 55 heavy (non-hydrogen) atoms. The van der Waals surface area contributed by atoms with Crippen LogP contribution in [0.1, 0.15) is 112 Å². The van der Waals surface area contributed by atoms with Crippen LogP contribution in [-0.2, 0) is 22.8 Å². The van der Waals surface area contributed by atoms with Crippen molar-refractivity contribution in [2.75, 3.05) is 18.5 Å². The Morgan fingerprint density at radius 1 is 0.873 bits per heavy atom.